The van der Waals surface area contributed by atoms with Gasteiger partial charge in [0.1, 0.15) is 0 Å². The Hall–Kier alpha value is -1.50. The van der Waals surface area contributed by atoms with Crippen LogP contribution in [0.25, 0.3) is 10.9 Å². The van der Waals surface area contributed by atoms with Crippen LogP contribution in [0.15, 0.2) is 37.1 Å². The first-order chi connectivity index (χ1) is 6.33. The Bertz CT molecular complexity index is 437. The average molecular weight is 171 g/mol. The maximum absolute atomic E-state index is 3.75. The van der Waals surface area contributed by atoms with E-state index in [0.717, 1.165) is 6.42 Å². The van der Waals surface area contributed by atoms with Crippen molar-refractivity contribution in [2.24, 2.45) is 0 Å². The summed E-state index contributed by atoms with van der Waals surface area (Å²) in [5.74, 6) is 0. The summed E-state index contributed by atoms with van der Waals surface area (Å²) in [6.07, 6.45) is 4.94. The molecule has 2 aromatic rings. The van der Waals surface area contributed by atoms with Crippen LogP contribution in [0.3, 0.4) is 0 Å². The van der Waals surface area contributed by atoms with Gasteiger partial charge in [-0.3, -0.25) is 0 Å². The quantitative estimate of drug-likeness (QED) is 0.668. The minimum absolute atomic E-state index is 0.934. The maximum Gasteiger partial charge on any atom is 0.0486 e. The Labute approximate surface area is 78.1 Å². The van der Waals surface area contributed by atoms with E-state index >= 15 is 0 Å². The van der Waals surface area contributed by atoms with Gasteiger partial charge < -0.3 is 4.98 Å². The zero-order valence-electron chi connectivity index (χ0n) is 7.80. The Kier molecular flexibility index (Phi) is 1.93. The topological polar surface area (TPSA) is 15.8 Å². The number of fused-ring (bicyclic) bond motifs is 1. The van der Waals surface area contributed by atoms with Gasteiger partial charge in [0.2, 0.25) is 0 Å². The van der Waals surface area contributed by atoms with Gasteiger partial charge in [-0.2, -0.15) is 0 Å². The molecule has 66 valence electrons. The fraction of sp³-hybridized carbons (Fsp3) is 0.167. The van der Waals surface area contributed by atoms with Crippen molar-refractivity contribution >= 4 is 10.9 Å². The van der Waals surface area contributed by atoms with Crippen LogP contribution in [-0.4, -0.2) is 4.98 Å². The highest BCUT2D eigenvalue weighted by Gasteiger charge is 2.02. The van der Waals surface area contributed by atoms with Gasteiger partial charge in [0, 0.05) is 17.1 Å². The maximum atomic E-state index is 3.75. The first-order valence-corrected chi connectivity index (χ1v) is 4.49. The minimum Gasteiger partial charge on any atom is -0.361 e. The molecule has 1 heteroatoms. The molecule has 0 aliphatic heterocycles. The zero-order chi connectivity index (χ0) is 9.26. The lowest BCUT2D eigenvalue weighted by Crippen LogP contribution is -1.77. The number of benzene rings is 1. The molecule has 0 fully saturated rings. The van der Waals surface area contributed by atoms with E-state index in [0.29, 0.717) is 0 Å². The third-order valence-electron chi connectivity index (χ3n) is 2.37. The average Bonchev–Trinajstić information content (AvgIpc) is 2.51. The lowest BCUT2D eigenvalue weighted by atomic mass is 10.1. The van der Waals surface area contributed by atoms with Gasteiger partial charge in [0.15, 0.2) is 0 Å². The van der Waals surface area contributed by atoms with Gasteiger partial charge in [0.05, 0.1) is 0 Å². The molecule has 0 bridgehead atoms. The second-order valence-electron chi connectivity index (χ2n) is 3.30. The summed E-state index contributed by atoms with van der Waals surface area (Å²) in [6, 6.07) is 6.37. The molecule has 0 saturated heterocycles. The first-order valence-electron chi connectivity index (χ1n) is 4.49. The Morgan fingerprint density at radius 2 is 2.31 bits per heavy atom. The van der Waals surface area contributed by atoms with E-state index in [1.54, 1.807) is 0 Å². The molecule has 13 heavy (non-hydrogen) atoms. The van der Waals surface area contributed by atoms with E-state index in [1.165, 1.54) is 22.0 Å². The molecule has 0 spiro atoms. The third kappa shape index (κ3) is 1.26. The van der Waals surface area contributed by atoms with Gasteiger partial charge in [-0.25, -0.2) is 0 Å². The summed E-state index contributed by atoms with van der Waals surface area (Å²) in [4.78, 5) is 3.29. The molecule has 1 aromatic carbocycles. The van der Waals surface area contributed by atoms with Crippen LogP contribution in [-0.2, 0) is 6.42 Å². The molecule has 0 unspecified atom stereocenters. The smallest absolute Gasteiger partial charge is 0.0486 e. The fourth-order valence-electron chi connectivity index (χ4n) is 1.69. The summed E-state index contributed by atoms with van der Waals surface area (Å²) >= 11 is 0. The normalized spacial score (nSPS) is 10.5. The standard InChI is InChI=1S/C12H13N/c1-3-5-10-8-13-12-9(2)6-4-7-11(10)12/h3-4,6-8,13H,1,5H2,2H3. The number of H-pyrrole nitrogens is 1. The molecule has 0 aliphatic rings. The third-order valence-corrected chi connectivity index (χ3v) is 2.37. The number of aromatic nitrogens is 1. The van der Waals surface area contributed by atoms with Crippen molar-refractivity contribution in [2.75, 3.05) is 0 Å². The van der Waals surface area contributed by atoms with Crippen LogP contribution in [0.2, 0.25) is 0 Å². The van der Waals surface area contributed by atoms with Crippen LogP contribution >= 0.6 is 0 Å². The molecular weight excluding hydrogens is 158 g/mol. The molecule has 1 aromatic heterocycles. The SMILES string of the molecule is C=CCc1c[nH]c2c(C)cccc12. The van der Waals surface area contributed by atoms with E-state index < -0.39 is 0 Å². The molecule has 0 atom stereocenters. The van der Waals surface area contributed by atoms with Crippen molar-refractivity contribution in [3.8, 4) is 0 Å². The number of allylic oxidation sites excluding steroid dienone is 1. The molecule has 0 amide bonds. The Morgan fingerprint density at radius 1 is 1.46 bits per heavy atom. The zero-order valence-corrected chi connectivity index (χ0v) is 7.80. The van der Waals surface area contributed by atoms with Crippen molar-refractivity contribution in [1.29, 1.82) is 0 Å². The monoisotopic (exact) mass is 171 g/mol. The van der Waals surface area contributed by atoms with E-state index in [2.05, 4.69) is 42.9 Å². The Morgan fingerprint density at radius 3 is 3.08 bits per heavy atom. The second-order valence-corrected chi connectivity index (χ2v) is 3.30. The van der Waals surface area contributed by atoms with Crippen molar-refractivity contribution in [1.82, 2.24) is 4.98 Å². The number of rotatable bonds is 2. The molecule has 0 saturated carbocycles. The van der Waals surface area contributed by atoms with Crippen LogP contribution in [0, 0.1) is 6.92 Å². The van der Waals surface area contributed by atoms with Crippen molar-refractivity contribution in [3.63, 3.8) is 0 Å². The lowest BCUT2D eigenvalue weighted by molar-refractivity contribution is 1.29. The summed E-state index contributed by atoms with van der Waals surface area (Å²) in [6.45, 7) is 5.87. The van der Waals surface area contributed by atoms with Gasteiger partial charge in [-0.15, -0.1) is 6.58 Å². The highest BCUT2D eigenvalue weighted by atomic mass is 14.7. The largest absolute Gasteiger partial charge is 0.361 e. The van der Waals surface area contributed by atoms with Gasteiger partial charge >= 0.3 is 0 Å². The summed E-state index contributed by atoms with van der Waals surface area (Å²) < 4.78 is 0. The molecule has 0 radical (unpaired) electrons. The highest BCUT2D eigenvalue weighted by molar-refractivity contribution is 5.85. The van der Waals surface area contributed by atoms with Gasteiger partial charge in [0.25, 0.3) is 0 Å². The Balaban J connectivity index is 2.67. The number of nitrogens with one attached hydrogen (secondary N) is 1. The first kappa shape index (κ1) is 8.11. The molecule has 1 nitrogen and oxygen atoms in total. The van der Waals surface area contributed by atoms with E-state index in [1.807, 2.05) is 6.08 Å². The van der Waals surface area contributed by atoms with Crippen molar-refractivity contribution in [3.05, 3.63) is 48.2 Å². The van der Waals surface area contributed by atoms with E-state index in [-0.39, 0.29) is 0 Å². The fourth-order valence-corrected chi connectivity index (χ4v) is 1.69. The van der Waals surface area contributed by atoms with E-state index in [4.69, 9.17) is 0 Å². The van der Waals surface area contributed by atoms with Crippen LogP contribution in [0.1, 0.15) is 11.1 Å². The molecule has 1 heterocycles. The molecule has 1 N–H and O–H groups in total. The van der Waals surface area contributed by atoms with Gasteiger partial charge in [-0.1, -0.05) is 24.3 Å². The predicted molar refractivity (Wildman–Crippen MR) is 56.9 cm³/mol. The minimum atomic E-state index is 0.934. The molecule has 2 rings (SSSR count). The number of aromatic amines is 1. The predicted octanol–water partition coefficient (Wildman–Crippen LogP) is 3.20. The van der Waals surface area contributed by atoms with Crippen molar-refractivity contribution in [2.45, 2.75) is 13.3 Å². The number of hydrogen-bond donors (Lipinski definition) is 1. The molecule has 0 aliphatic carbocycles. The lowest BCUT2D eigenvalue weighted by Gasteiger charge is -1.96. The second kappa shape index (κ2) is 3.09. The summed E-state index contributed by atoms with van der Waals surface area (Å²) in [5.41, 5.74) is 3.88. The summed E-state index contributed by atoms with van der Waals surface area (Å²) in [5, 5.41) is 1.32. The van der Waals surface area contributed by atoms with E-state index in [9.17, 15) is 0 Å². The van der Waals surface area contributed by atoms with Crippen LogP contribution < -0.4 is 0 Å². The van der Waals surface area contributed by atoms with Crippen LogP contribution in [0.4, 0.5) is 0 Å². The number of aryl methyl sites for hydroxylation is 1. The van der Waals surface area contributed by atoms with Crippen LogP contribution in [0.5, 0.6) is 0 Å². The highest BCUT2D eigenvalue weighted by Crippen LogP contribution is 2.21. The van der Waals surface area contributed by atoms with Crippen molar-refractivity contribution < 1.29 is 0 Å². The van der Waals surface area contributed by atoms with Gasteiger partial charge in [-0.05, 0) is 24.5 Å². The number of para-hydroxylation sites is 1. The number of hydrogen-bond acceptors (Lipinski definition) is 0. The summed E-state index contributed by atoms with van der Waals surface area (Å²) in [7, 11) is 0. The molecular formula is C12H13N.